The summed E-state index contributed by atoms with van der Waals surface area (Å²) in [4.78, 5) is 13.8. The number of thiazole rings is 1. The Hall–Kier alpha value is -2.03. The Bertz CT molecular complexity index is 467. The van der Waals surface area contributed by atoms with Crippen molar-refractivity contribution in [1.82, 2.24) is 20.0 Å². The van der Waals surface area contributed by atoms with Crippen molar-refractivity contribution >= 4 is 21.5 Å². The van der Waals surface area contributed by atoms with E-state index in [2.05, 4.69) is 20.6 Å². The molecule has 2 heterocycles. The Morgan fingerprint density at radius 1 is 1.62 bits per heavy atom. The molecule has 2 aromatic heterocycles. The highest BCUT2D eigenvalue weighted by molar-refractivity contribution is 7.18. The van der Waals surface area contributed by atoms with Gasteiger partial charge in [0.25, 0.3) is 0 Å². The molecule has 0 aliphatic rings. The summed E-state index contributed by atoms with van der Waals surface area (Å²) in [6, 6.07) is 0. The molecule has 0 bridgehead atoms. The molecule has 0 unspecified atom stereocenters. The van der Waals surface area contributed by atoms with Crippen molar-refractivity contribution in [3.05, 3.63) is 28.7 Å². The molecule has 0 radical (unpaired) electrons. The van der Waals surface area contributed by atoms with E-state index >= 15 is 0 Å². The number of nitrogens with zero attached hydrogens (tertiary/aromatic N) is 5. The molecule has 0 spiro atoms. The van der Waals surface area contributed by atoms with Crippen LogP contribution >= 0.6 is 11.3 Å². The van der Waals surface area contributed by atoms with Crippen molar-refractivity contribution in [2.75, 3.05) is 11.9 Å². The average Bonchev–Trinajstić information content (AvgIpc) is 2.87. The number of rotatable bonds is 5. The van der Waals surface area contributed by atoms with Crippen LogP contribution in [0.4, 0.5) is 10.1 Å². The third kappa shape index (κ3) is 2.51. The van der Waals surface area contributed by atoms with Gasteiger partial charge in [-0.2, -0.15) is 0 Å². The molecule has 0 atom stereocenters. The quantitative estimate of drug-likeness (QED) is 0.611. The van der Waals surface area contributed by atoms with E-state index in [1.54, 1.807) is 17.1 Å². The molecule has 2 rings (SSSR count). The van der Waals surface area contributed by atoms with Gasteiger partial charge in [-0.1, -0.05) is 5.21 Å². The first-order valence-electron chi connectivity index (χ1n) is 4.44. The van der Waals surface area contributed by atoms with Gasteiger partial charge >= 0.3 is 5.00 Å². The highest BCUT2D eigenvalue weighted by Gasteiger charge is 2.10. The number of nitro groups is 1. The van der Waals surface area contributed by atoms with E-state index in [1.807, 2.05) is 0 Å². The minimum Gasteiger partial charge on any atom is -0.359 e. The van der Waals surface area contributed by atoms with Crippen LogP contribution in [0.2, 0.25) is 0 Å². The van der Waals surface area contributed by atoms with Crippen LogP contribution < -0.4 is 5.32 Å². The van der Waals surface area contributed by atoms with Gasteiger partial charge in [0.05, 0.1) is 17.7 Å². The molecule has 0 saturated heterocycles. The molecule has 1 N–H and O–H groups in total. The van der Waals surface area contributed by atoms with Crippen LogP contribution in [0.15, 0.2) is 18.6 Å². The molecular formula is C7H8N6O2S. The number of hydrogen-bond acceptors (Lipinski definition) is 7. The second kappa shape index (κ2) is 4.66. The predicted octanol–water partition coefficient (Wildman–Crippen LogP) is 0.755. The van der Waals surface area contributed by atoms with E-state index in [4.69, 9.17) is 0 Å². The van der Waals surface area contributed by atoms with Gasteiger partial charge in [0, 0.05) is 12.7 Å². The van der Waals surface area contributed by atoms with Crippen molar-refractivity contribution in [3.8, 4) is 0 Å². The number of nitrogens with one attached hydrogen (secondary N) is 1. The van der Waals surface area contributed by atoms with Crippen LogP contribution in [-0.4, -0.2) is 31.4 Å². The molecule has 0 amide bonds. The van der Waals surface area contributed by atoms with Gasteiger partial charge in [-0.15, -0.1) is 5.10 Å². The zero-order valence-electron chi connectivity index (χ0n) is 8.11. The molecule has 16 heavy (non-hydrogen) atoms. The molecular weight excluding hydrogens is 232 g/mol. The van der Waals surface area contributed by atoms with Crippen molar-refractivity contribution in [3.63, 3.8) is 0 Å². The third-order valence-electron chi connectivity index (χ3n) is 1.76. The fourth-order valence-corrected chi connectivity index (χ4v) is 1.72. The van der Waals surface area contributed by atoms with Gasteiger partial charge in [0.15, 0.2) is 5.13 Å². The molecule has 0 saturated carbocycles. The molecule has 0 aliphatic carbocycles. The van der Waals surface area contributed by atoms with Crippen molar-refractivity contribution in [2.24, 2.45) is 0 Å². The lowest BCUT2D eigenvalue weighted by Gasteiger charge is -2.00. The summed E-state index contributed by atoms with van der Waals surface area (Å²) in [7, 11) is 0. The summed E-state index contributed by atoms with van der Waals surface area (Å²) in [6.07, 6.45) is 4.57. The fraction of sp³-hybridized carbons (Fsp3) is 0.286. The minimum absolute atomic E-state index is 0.0308. The number of aromatic nitrogens is 4. The highest BCUT2D eigenvalue weighted by Crippen LogP contribution is 2.24. The largest absolute Gasteiger partial charge is 0.359 e. The summed E-state index contributed by atoms with van der Waals surface area (Å²) in [5.41, 5.74) is 0. The van der Waals surface area contributed by atoms with Gasteiger partial charge < -0.3 is 5.32 Å². The first kappa shape index (κ1) is 10.5. The van der Waals surface area contributed by atoms with Crippen LogP contribution in [0.1, 0.15) is 0 Å². The lowest BCUT2D eigenvalue weighted by atomic mass is 10.6. The van der Waals surface area contributed by atoms with Gasteiger partial charge in [-0.3, -0.25) is 14.8 Å². The lowest BCUT2D eigenvalue weighted by Crippen LogP contribution is -2.10. The molecule has 2 aromatic rings. The lowest BCUT2D eigenvalue weighted by molar-refractivity contribution is -0.380. The Balaban J connectivity index is 1.83. The van der Waals surface area contributed by atoms with Gasteiger partial charge in [-0.05, 0) is 11.3 Å². The second-order valence-electron chi connectivity index (χ2n) is 2.85. The number of anilines is 1. The summed E-state index contributed by atoms with van der Waals surface area (Å²) >= 11 is 1.01. The van der Waals surface area contributed by atoms with E-state index < -0.39 is 4.92 Å². The SMILES string of the molecule is O=[N+]([O-])c1cnc(NCCn2ccnn2)s1. The summed E-state index contributed by atoms with van der Waals surface area (Å²) in [5, 5.41) is 21.4. The predicted molar refractivity (Wildman–Crippen MR) is 57.3 cm³/mol. The highest BCUT2D eigenvalue weighted by atomic mass is 32.1. The zero-order chi connectivity index (χ0) is 11.4. The average molecular weight is 240 g/mol. The smallest absolute Gasteiger partial charge is 0.345 e. The van der Waals surface area contributed by atoms with Crippen molar-refractivity contribution in [1.29, 1.82) is 0 Å². The van der Waals surface area contributed by atoms with Gasteiger partial charge in [-0.25, -0.2) is 4.98 Å². The Morgan fingerprint density at radius 3 is 3.12 bits per heavy atom. The summed E-state index contributed by atoms with van der Waals surface area (Å²) in [6.45, 7) is 1.22. The van der Waals surface area contributed by atoms with E-state index in [9.17, 15) is 10.1 Å². The standard InChI is InChI=1S/C7H8N6O2S/c14-13(15)6-5-9-7(16-6)8-1-3-12-4-2-10-11-12/h2,4-5H,1,3H2,(H,8,9). The maximum Gasteiger partial charge on any atom is 0.345 e. The zero-order valence-corrected chi connectivity index (χ0v) is 8.92. The monoisotopic (exact) mass is 240 g/mol. The van der Waals surface area contributed by atoms with E-state index in [0.29, 0.717) is 18.2 Å². The van der Waals surface area contributed by atoms with Crippen LogP contribution in [-0.2, 0) is 6.54 Å². The van der Waals surface area contributed by atoms with E-state index in [-0.39, 0.29) is 5.00 Å². The summed E-state index contributed by atoms with van der Waals surface area (Å²) < 4.78 is 1.66. The topological polar surface area (TPSA) is 98.8 Å². The normalized spacial score (nSPS) is 10.2. The van der Waals surface area contributed by atoms with Crippen LogP contribution in [0.3, 0.4) is 0 Å². The maximum absolute atomic E-state index is 10.4. The van der Waals surface area contributed by atoms with Crippen molar-refractivity contribution < 1.29 is 4.92 Å². The van der Waals surface area contributed by atoms with Crippen LogP contribution in [0.5, 0.6) is 0 Å². The second-order valence-corrected chi connectivity index (χ2v) is 3.86. The van der Waals surface area contributed by atoms with Gasteiger partial charge in [0.1, 0.15) is 6.20 Å². The fourth-order valence-electron chi connectivity index (χ4n) is 1.06. The first-order valence-corrected chi connectivity index (χ1v) is 5.25. The molecule has 0 aromatic carbocycles. The van der Waals surface area contributed by atoms with E-state index in [1.165, 1.54) is 6.20 Å². The third-order valence-corrected chi connectivity index (χ3v) is 2.67. The molecule has 8 nitrogen and oxygen atoms in total. The molecule has 0 fully saturated rings. The minimum atomic E-state index is -0.458. The van der Waals surface area contributed by atoms with Crippen molar-refractivity contribution in [2.45, 2.75) is 6.54 Å². The first-order chi connectivity index (χ1) is 7.75. The van der Waals surface area contributed by atoms with Crippen LogP contribution in [0.25, 0.3) is 0 Å². The Morgan fingerprint density at radius 2 is 2.50 bits per heavy atom. The Labute approximate surface area is 94.1 Å². The Kier molecular flexibility index (Phi) is 3.05. The maximum atomic E-state index is 10.4. The molecule has 9 heteroatoms. The van der Waals surface area contributed by atoms with E-state index in [0.717, 1.165) is 11.3 Å². The molecule has 84 valence electrons. The van der Waals surface area contributed by atoms with Crippen LogP contribution in [0, 0.1) is 10.1 Å². The van der Waals surface area contributed by atoms with Gasteiger partial charge in [0.2, 0.25) is 0 Å². The number of hydrogen-bond donors (Lipinski definition) is 1. The summed E-state index contributed by atoms with van der Waals surface area (Å²) in [5.74, 6) is 0. The molecule has 0 aliphatic heterocycles.